The SMILES string of the molecule is CC(C)CNCCCCN1CCOC(C)(C)C1. The molecule has 0 aromatic carbocycles. The molecular formula is C14H30N2O. The monoisotopic (exact) mass is 242 g/mol. The van der Waals surface area contributed by atoms with Crippen molar-refractivity contribution in [1.82, 2.24) is 10.2 Å². The van der Waals surface area contributed by atoms with Crippen LogP contribution in [-0.2, 0) is 4.74 Å². The maximum absolute atomic E-state index is 5.71. The molecule has 0 spiro atoms. The number of unbranched alkanes of at least 4 members (excludes halogenated alkanes) is 1. The van der Waals surface area contributed by atoms with Crippen LogP contribution >= 0.6 is 0 Å². The number of nitrogens with zero attached hydrogens (tertiary/aromatic N) is 1. The van der Waals surface area contributed by atoms with E-state index in [1.165, 1.54) is 19.4 Å². The zero-order valence-electron chi connectivity index (χ0n) is 12.1. The molecule has 1 rings (SSSR count). The Labute approximate surface area is 107 Å². The lowest BCUT2D eigenvalue weighted by Gasteiger charge is -2.38. The lowest BCUT2D eigenvalue weighted by Crippen LogP contribution is -2.48. The Bertz CT molecular complexity index is 204. The molecule has 0 radical (unpaired) electrons. The summed E-state index contributed by atoms with van der Waals surface area (Å²) in [5, 5.41) is 3.50. The highest BCUT2D eigenvalue weighted by molar-refractivity contribution is 4.78. The van der Waals surface area contributed by atoms with E-state index >= 15 is 0 Å². The van der Waals surface area contributed by atoms with E-state index in [-0.39, 0.29) is 5.60 Å². The Kier molecular flexibility index (Phi) is 6.45. The summed E-state index contributed by atoms with van der Waals surface area (Å²) < 4.78 is 5.71. The molecule has 1 N–H and O–H groups in total. The number of hydrogen-bond donors (Lipinski definition) is 1. The van der Waals surface area contributed by atoms with Crippen molar-refractivity contribution in [1.29, 1.82) is 0 Å². The molecule has 0 unspecified atom stereocenters. The average Bonchev–Trinajstić information content (AvgIpc) is 2.21. The summed E-state index contributed by atoms with van der Waals surface area (Å²) in [6.07, 6.45) is 2.58. The standard InChI is InChI=1S/C14H30N2O/c1-13(2)11-15-7-5-6-8-16-9-10-17-14(3,4)12-16/h13,15H,5-12H2,1-4H3. The van der Waals surface area contributed by atoms with Crippen LogP contribution in [0.3, 0.4) is 0 Å². The molecule has 0 aliphatic carbocycles. The Morgan fingerprint density at radius 3 is 2.71 bits per heavy atom. The van der Waals surface area contributed by atoms with E-state index < -0.39 is 0 Å². The quantitative estimate of drug-likeness (QED) is 0.692. The van der Waals surface area contributed by atoms with Gasteiger partial charge in [-0.05, 0) is 52.2 Å². The first-order valence-corrected chi connectivity index (χ1v) is 7.07. The summed E-state index contributed by atoms with van der Waals surface area (Å²) in [5.74, 6) is 0.759. The topological polar surface area (TPSA) is 24.5 Å². The van der Waals surface area contributed by atoms with Gasteiger partial charge in [-0.15, -0.1) is 0 Å². The van der Waals surface area contributed by atoms with Crippen molar-refractivity contribution in [3.8, 4) is 0 Å². The third-order valence-electron chi connectivity index (χ3n) is 3.14. The number of hydrogen-bond acceptors (Lipinski definition) is 3. The van der Waals surface area contributed by atoms with Gasteiger partial charge in [-0.1, -0.05) is 13.8 Å². The molecule has 17 heavy (non-hydrogen) atoms. The summed E-state index contributed by atoms with van der Waals surface area (Å²) in [6, 6.07) is 0. The first kappa shape index (κ1) is 14.9. The first-order valence-electron chi connectivity index (χ1n) is 7.07. The van der Waals surface area contributed by atoms with Gasteiger partial charge in [0.2, 0.25) is 0 Å². The Hall–Kier alpha value is -0.120. The highest BCUT2D eigenvalue weighted by Crippen LogP contribution is 2.16. The lowest BCUT2D eigenvalue weighted by molar-refractivity contribution is -0.0860. The molecule has 102 valence electrons. The summed E-state index contributed by atoms with van der Waals surface area (Å²) >= 11 is 0. The van der Waals surface area contributed by atoms with E-state index in [2.05, 4.69) is 37.9 Å². The zero-order chi connectivity index (χ0) is 12.7. The fourth-order valence-corrected chi connectivity index (χ4v) is 2.28. The fourth-order valence-electron chi connectivity index (χ4n) is 2.28. The number of morpholine rings is 1. The van der Waals surface area contributed by atoms with Gasteiger partial charge in [-0.2, -0.15) is 0 Å². The second kappa shape index (κ2) is 7.34. The van der Waals surface area contributed by atoms with Gasteiger partial charge in [0.25, 0.3) is 0 Å². The zero-order valence-corrected chi connectivity index (χ0v) is 12.1. The molecule has 1 fully saturated rings. The van der Waals surface area contributed by atoms with Gasteiger partial charge >= 0.3 is 0 Å². The van der Waals surface area contributed by atoms with E-state index in [1.54, 1.807) is 0 Å². The predicted molar refractivity (Wildman–Crippen MR) is 73.4 cm³/mol. The summed E-state index contributed by atoms with van der Waals surface area (Å²) in [7, 11) is 0. The van der Waals surface area contributed by atoms with Crippen LogP contribution in [0.5, 0.6) is 0 Å². The molecule has 0 amide bonds. The van der Waals surface area contributed by atoms with E-state index in [1.807, 2.05) is 0 Å². The van der Waals surface area contributed by atoms with Gasteiger partial charge in [-0.25, -0.2) is 0 Å². The normalized spacial score (nSPS) is 21.0. The maximum atomic E-state index is 5.71. The van der Waals surface area contributed by atoms with Crippen molar-refractivity contribution in [2.45, 2.75) is 46.1 Å². The van der Waals surface area contributed by atoms with E-state index in [4.69, 9.17) is 4.74 Å². The molecule has 0 bridgehead atoms. The van der Waals surface area contributed by atoms with Gasteiger partial charge in [0.1, 0.15) is 0 Å². The van der Waals surface area contributed by atoms with Crippen molar-refractivity contribution < 1.29 is 4.74 Å². The smallest absolute Gasteiger partial charge is 0.0753 e. The molecule has 1 heterocycles. The molecule has 0 saturated carbocycles. The molecule has 1 aliphatic rings. The minimum atomic E-state index is 0.0497. The summed E-state index contributed by atoms with van der Waals surface area (Å²) in [5.41, 5.74) is 0.0497. The molecule has 0 atom stereocenters. The minimum Gasteiger partial charge on any atom is -0.373 e. The summed E-state index contributed by atoms with van der Waals surface area (Å²) in [6.45, 7) is 15.5. The van der Waals surface area contributed by atoms with Crippen molar-refractivity contribution in [3.63, 3.8) is 0 Å². The van der Waals surface area contributed by atoms with Crippen molar-refractivity contribution in [2.24, 2.45) is 5.92 Å². The van der Waals surface area contributed by atoms with Crippen LogP contribution in [-0.4, -0.2) is 49.8 Å². The van der Waals surface area contributed by atoms with Crippen molar-refractivity contribution >= 4 is 0 Å². The molecule has 0 aromatic heterocycles. The highest BCUT2D eigenvalue weighted by atomic mass is 16.5. The molecule has 1 saturated heterocycles. The van der Waals surface area contributed by atoms with Gasteiger partial charge in [-0.3, -0.25) is 4.90 Å². The van der Waals surface area contributed by atoms with Crippen molar-refractivity contribution in [3.05, 3.63) is 0 Å². The molecule has 3 nitrogen and oxygen atoms in total. The summed E-state index contributed by atoms with van der Waals surface area (Å²) in [4.78, 5) is 2.53. The van der Waals surface area contributed by atoms with Gasteiger partial charge in [0.05, 0.1) is 12.2 Å². The fraction of sp³-hybridized carbons (Fsp3) is 1.00. The van der Waals surface area contributed by atoms with E-state index in [0.717, 1.165) is 38.7 Å². The van der Waals surface area contributed by atoms with E-state index in [9.17, 15) is 0 Å². The van der Waals surface area contributed by atoms with Crippen LogP contribution in [0.1, 0.15) is 40.5 Å². The Morgan fingerprint density at radius 1 is 1.29 bits per heavy atom. The second-order valence-corrected chi connectivity index (χ2v) is 6.19. The largest absolute Gasteiger partial charge is 0.373 e. The second-order valence-electron chi connectivity index (χ2n) is 6.19. The molecule has 1 aliphatic heterocycles. The van der Waals surface area contributed by atoms with Crippen LogP contribution in [0.4, 0.5) is 0 Å². The van der Waals surface area contributed by atoms with Crippen LogP contribution in [0, 0.1) is 5.92 Å². The average molecular weight is 242 g/mol. The third-order valence-corrected chi connectivity index (χ3v) is 3.14. The van der Waals surface area contributed by atoms with Crippen LogP contribution in [0.15, 0.2) is 0 Å². The lowest BCUT2D eigenvalue weighted by atomic mass is 10.1. The molecule has 0 aromatic rings. The van der Waals surface area contributed by atoms with Crippen LogP contribution in [0.25, 0.3) is 0 Å². The highest BCUT2D eigenvalue weighted by Gasteiger charge is 2.26. The number of rotatable bonds is 7. The van der Waals surface area contributed by atoms with Crippen LogP contribution < -0.4 is 5.32 Å². The Morgan fingerprint density at radius 2 is 2.06 bits per heavy atom. The molecule has 3 heteroatoms. The van der Waals surface area contributed by atoms with E-state index in [0.29, 0.717) is 0 Å². The predicted octanol–water partition coefficient (Wildman–Crippen LogP) is 2.12. The van der Waals surface area contributed by atoms with Gasteiger partial charge in [0.15, 0.2) is 0 Å². The minimum absolute atomic E-state index is 0.0497. The Balaban J connectivity index is 1.99. The first-order chi connectivity index (χ1) is 7.99. The number of nitrogens with one attached hydrogen (secondary N) is 1. The third kappa shape index (κ3) is 7.02. The van der Waals surface area contributed by atoms with Gasteiger partial charge in [0, 0.05) is 13.1 Å². The molecular weight excluding hydrogens is 212 g/mol. The maximum Gasteiger partial charge on any atom is 0.0753 e. The van der Waals surface area contributed by atoms with Gasteiger partial charge < -0.3 is 10.1 Å². The van der Waals surface area contributed by atoms with Crippen molar-refractivity contribution in [2.75, 3.05) is 39.3 Å². The number of ether oxygens (including phenoxy) is 1. The van der Waals surface area contributed by atoms with Crippen LogP contribution in [0.2, 0.25) is 0 Å².